The number of rotatable bonds is 5. The molecule has 16 heavy (non-hydrogen) atoms. The Labute approximate surface area is 99.4 Å². The van der Waals surface area contributed by atoms with Gasteiger partial charge in [0, 0.05) is 18.8 Å². The Kier molecular flexibility index (Phi) is 5.08. The van der Waals surface area contributed by atoms with Crippen molar-refractivity contribution in [1.29, 1.82) is 0 Å². The van der Waals surface area contributed by atoms with E-state index in [9.17, 15) is 9.59 Å². The molecule has 0 aromatic carbocycles. The maximum atomic E-state index is 11.8. The molecule has 1 amide bonds. The first-order chi connectivity index (χ1) is 7.52. The molecule has 5 nitrogen and oxygen atoms in total. The number of hydrogen-bond acceptors (Lipinski definition) is 4. The van der Waals surface area contributed by atoms with Crippen LogP contribution in [0.25, 0.3) is 0 Å². The fourth-order valence-corrected chi connectivity index (χ4v) is 2.52. The summed E-state index contributed by atoms with van der Waals surface area (Å²) in [6.07, 6.45) is 2.13. The molecular weight excluding hydrogens is 228 g/mol. The van der Waals surface area contributed by atoms with Gasteiger partial charge in [0.15, 0.2) is 0 Å². The van der Waals surface area contributed by atoms with Crippen LogP contribution in [-0.4, -0.2) is 52.0 Å². The Morgan fingerprint density at radius 2 is 2.00 bits per heavy atom. The topological polar surface area (TPSA) is 83.6 Å². The molecule has 92 valence electrons. The van der Waals surface area contributed by atoms with Gasteiger partial charge in [0.25, 0.3) is 0 Å². The molecule has 1 fully saturated rings. The van der Waals surface area contributed by atoms with Gasteiger partial charge in [-0.2, -0.15) is 0 Å². The summed E-state index contributed by atoms with van der Waals surface area (Å²) in [6, 6.07) is -0.890. The minimum Gasteiger partial charge on any atom is -0.480 e. The number of likely N-dealkylation sites (tertiary alicyclic amines) is 1. The maximum absolute atomic E-state index is 11.8. The van der Waals surface area contributed by atoms with Crippen molar-refractivity contribution < 1.29 is 14.7 Å². The number of carboxylic acids is 1. The number of carbonyl (C=O) groups is 2. The van der Waals surface area contributed by atoms with Crippen LogP contribution in [0.5, 0.6) is 0 Å². The SMILES string of the molecule is CC(SC[C@@H](N)C(=O)O)C(=O)N1CCCC1. The second-order valence-corrected chi connectivity index (χ2v) is 5.33. The number of nitrogens with two attached hydrogens (primary N) is 1. The smallest absolute Gasteiger partial charge is 0.321 e. The summed E-state index contributed by atoms with van der Waals surface area (Å²) >= 11 is 1.31. The van der Waals surface area contributed by atoms with Crippen molar-refractivity contribution in [2.75, 3.05) is 18.8 Å². The zero-order chi connectivity index (χ0) is 12.1. The molecule has 1 saturated heterocycles. The molecule has 0 saturated carbocycles. The molecule has 1 aliphatic rings. The van der Waals surface area contributed by atoms with Gasteiger partial charge in [-0.05, 0) is 19.8 Å². The van der Waals surface area contributed by atoms with Gasteiger partial charge in [-0.25, -0.2) is 0 Å². The quantitative estimate of drug-likeness (QED) is 0.721. The third kappa shape index (κ3) is 3.68. The van der Waals surface area contributed by atoms with Crippen LogP contribution >= 0.6 is 11.8 Å². The van der Waals surface area contributed by atoms with E-state index in [1.165, 1.54) is 11.8 Å². The summed E-state index contributed by atoms with van der Waals surface area (Å²) in [5.74, 6) is -0.649. The summed E-state index contributed by atoms with van der Waals surface area (Å²) < 4.78 is 0. The Hall–Kier alpha value is -0.750. The molecule has 1 unspecified atom stereocenters. The van der Waals surface area contributed by atoms with E-state index in [-0.39, 0.29) is 16.9 Å². The molecule has 0 aliphatic carbocycles. The van der Waals surface area contributed by atoms with Crippen LogP contribution in [0.3, 0.4) is 0 Å². The van der Waals surface area contributed by atoms with Gasteiger partial charge in [0.2, 0.25) is 5.91 Å². The zero-order valence-electron chi connectivity index (χ0n) is 9.39. The van der Waals surface area contributed by atoms with Gasteiger partial charge < -0.3 is 15.7 Å². The van der Waals surface area contributed by atoms with Gasteiger partial charge in [0.1, 0.15) is 6.04 Å². The van der Waals surface area contributed by atoms with Crippen LogP contribution in [-0.2, 0) is 9.59 Å². The van der Waals surface area contributed by atoms with Crippen molar-refractivity contribution in [3.05, 3.63) is 0 Å². The molecule has 0 aromatic heterocycles. The third-order valence-electron chi connectivity index (χ3n) is 2.61. The van der Waals surface area contributed by atoms with Crippen molar-refractivity contribution in [2.24, 2.45) is 5.73 Å². The molecule has 1 heterocycles. The summed E-state index contributed by atoms with van der Waals surface area (Å²) in [5.41, 5.74) is 5.37. The van der Waals surface area contributed by atoms with Crippen molar-refractivity contribution in [1.82, 2.24) is 4.90 Å². The number of aliphatic carboxylic acids is 1. The number of hydrogen-bond donors (Lipinski definition) is 2. The Bertz CT molecular complexity index is 267. The van der Waals surface area contributed by atoms with E-state index < -0.39 is 12.0 Å². The highest BCUT2D eigenvalue weighted by atomic mass is 32.2. The molecule has 1 aliphatic heterocycles. The van der Waals surface area contributed by atoms with Crippen molar-refractivity contribution in [3.63, 3.8) is 0 Å². The first kappa shape index (κ1) is 13.3. The van der Waals surface area contributed by atoms with Crippen molar-refractivity contribution in [2.45, 2.75) is 31.1 Å². The Morgan fingerprint density at radius 1 is 1.44 bits per heavy atom. The average molecular weight is 246 g/mol. The van der Waals surface area contributed by atoms with Gasteiger partial charge in [-0.3, -0.25) is 9.59 Å². The summed E-state index contributed by atoms with van der Waals surface area (Å²) in [6.45, 7) is 3.46. The van der Waals surface area contributed by atoms with Gasteiger partial charge in [-0.1, -0.05) is 0 Å². The van der Waals surface area contributed by atoms with Gasteiger partial charge in [-0.15, -0.1) is 11.8 Å². The fourth-order valence-electron chi connectivity index (χ4n) is 1.59. The van der Waals surface area contributed by atoms with Crippen molar-refractivity contribution >= 4 is 23.6 Å². The summed E-state index contributed by atoms with van der Waals surface area (Å²) in [7, 11) is 0. The van der Waals surface area contributed by atoms with Crippen LogP contribution < -0.4 is 5.73 Å². The lowest BCUT2D eigenvalue weighted by molar-refractivity contribution is -0.138. The molecule has 2 atom stereocenters. The highest BCUT2D eigenvalue weighted by Gasteiger charge is 2.24. The second kappa shape index (κ2) is 6.10. The molecule has 0 bridgehead atoms. The fraction of sp³-hybridized carbons (Fsp3) is 0.800. The van der Waals surface area contributed by atoms with E-state index >= 15 is 0 Å². The van der Waals surface area contributed by atoms with Crippen LogP contribution in [0.1, 0.15) is 19.8 Å². The molecular formula is C10H18N2O3S. The van der Waals surface area contributed by atoms with Crippen molar-refractivity contribution in [3.8, 4) is 0 Å². The lowest BCUT2D eigenvalue weighted by atomic mass is 10.4. The Morgan fingerprint density at radius 3 is 2.50 bits per heavy atom. The molecule has 6 heteroatoms. The monoisotopic (exact) mass is 246 g/mol. The molecule has 0 spiro atoms. The van der Waals surface area contributed by atoms with E-state index in [1.54, 1.807) is 6.92 Å². The van der Waals surface area contributed by atoms with E-state index in [1.807, 2.05) is 4.90 Å². The largest absolute Gasteiger partial charge is 0.480 e. The zero-order valence-corrected chi connectivity index (χ0v) is 10.2. The third-order valence-corrected chi connectivity index (χ3v) is 3.86. The summed E-state index contributed by atoms with van der Waals surface area (Å²) in [5, 5.41) is 8.41. The maximum Gasteiger partial charge on any atom is 0.321 e. The number of carboxylic acid groups (broad SMARTS) is 1. The Balaban J connectivity index is 2.31. The predicted octanol–water partition coefficient (Wildman–Crippen LogP) is 0.142. The molecule has 0 radical (unpaired) electrons. The van der Waals surface area contributed by atoms with Gasteiger partial charge in [0.05, 0.1) is 5.25 Å². The number of amides is 1. The van der Waals surface area contributed by atoms with Crippen LogP contribution in [0.15, 0.2) is 0 Å². The minimum absolute atomic E-state index is 0.0973. The summed E-state index contributed by atoms with van der Waals surface area (Å²) in [4.78, 5) is 24.2. The first-order valence-electron chi connectivity index (χ1n) is 5.41. The number of carbonyl (C=O) groups excluding carboxylic acids is 1. The number of thioether (sulfide) groups is 1. The van der Waals surface area contributed by atoms with Crippen LogP contribution in [0, 0.1) is 0 Å². The lowest BCUT2D eigenvalue weighted by Gasteiger charge is -2.20. The van der Waals surface area contributed by atoms with Gasteiger partial charge >= 0.3 is 5.97 Å². The standard InChI is InChI=1S/C10H18N2O3S/c1-7(16-6-8(11)10(14)15)9(13)12-4-2-3-5-12/h7-8H,2-6,11H2,1H3,(H,14,15)/t7?,8-/m1/s1. The average Bonchev–Trinajstić information content (AvgIpc) is 2.77. The first-order valence-corrected chi connectivity index (χ1v) is 6.46. The van der Waals surface area contributed by atoms with E-state index in [2.05, 4.69) is 0 Å². The second-order valence-electron chi connectivity index (χ2n) is 3.95. The van der Waals surface area contributed by atoms with E-state index in [0.717, 1.165) is 25.9 Å². The van der Waals surface area contributed by atoms with E-state index in [0.29, 0.717) is 0 Å². The highest BCUT2D eigenvalue weighted by molar-refractivity contribution is 8.00. The minimum atomic E-state index is -1.02. The molecule has 1 rings (SSSR count). The lowest BCUT2D eigenvalue weighted by Crippen LogP contribution is -2.37. The van der Waals surface area contributed by atoms with E-state index in [4.69, 9.17) is 10.8 Å². The predicted molar refractivity (Wildman–Crippen MR) is 63.3 cm³/mol. The number of nitrogens with zero attached hydrogens (tertiary/aromatic N) is 1. The van der Waals surface area contributed by atoms with Crippen LogP contribution in [0.2, 0.25) is 0 Å². The normalized spacial score (nSPS) is 19.5. The highest BCUT2D eigenvalue weighted by Crippen LogP contribution is 2.17. The van der Waals surface area contributed by atoms with Crippen LogP contribution in [0.4, 0.5) is 0 Å². The molecule has 3 N–H and O–H groups in total. The molecule has 0 aromatic rings.